The molecule has 2 N–H and O–H groups in total. The lowest BCUT2D eigenvalue weighted by molar-refractivity contribution is 0.0950. The number of anilines is 1. The molecule has 0 radical (unpaired) electrons. The molecule has 1 fully saturated rings. The molecule has 0 atom stereocenters. The van der Waals surface area contributed by atoms with Gasteiger partial charge in [-0.2, -0.15) is 0 Å². The lowest BCUT2D eigenvalue weighted by Crippen LogP contribution is -2.24. The second kappa shape index (κ2) is 6.33. The van der Waals surface area contributed by atoms with Gasteiger partial charge in [-0.3, -0.25) is 4.79 Å². The van der Waals surface area contributed by atoms with E-state index in [2.05, 4.69) is 20.8 Å². The number of hydrogen-bond acceptors (Lipinski definition) is 4. The van der Waals surface area contributed by atoms with Gasteiger partial charge in [0.2, 0.25) is 0 Å². The van der Waals surface area contributed by atoms with Crippen molar-refractivity contribution in [3.8, 4) is 0 Å². The summed E-state index contributed by atoms with van der Waals surface area (Å²) in [5, 5.41) is 13.8. The third-order valence-corrected chi connectivity index (χ3v) is 3.32. The zero-order chi connectivity index (χ0) is 12.8. The molecule has 0 saturated heterocycles. The summed E-state index contributed by atoms with van der Waals surface area (Å²) in [6.45, 7) is 3.41. The molecule has 0 aliphatic heterocycles. The number of carbonyl (C=O) groups excluding carboxylic acids is 1. The van der Waals surface area contributed by atoms with Crippen LogP contribution in [0.2, 0.25) is 0 Å². The lowest BCUT2D eigenvalue weighted by Gasteiger charge is -2.25. The topological polar surface area (TPSA) is 66.9 Å². The van der Waals surface area contributed by atoms with Crippen molar-refractivity contribution in [2.75, 3.05) is 18.4 Å². The van der Waals surface area contributed by atoms with Crippen LogP contribution >= 0.6 is 0 Å². The number of rotatable bonds is 6. The maximum Gasteiger partial charge on any atom is 0.271 e. The smallest absolute Gasteiger partial charge is 0.271 e. The first kappa shape index (κ1) is 12.8. The number of carbonyl (C=O) groups is 1. The first-order valence-electron chi connectivity index (χ1n) is 6.65. The zero-order valence-corrected chi connectivity index (χ0v) is 10.8. The average Bonchev–Trinajstić information content (AvgIpc) is 2.33. The van der Waals surface area contributed by atoms with E-state index in [4.69, 9.17) is 0 Å². The standard InChI is InChI=1S/C13H20N4O/c1-2-14-13(18)11-6-7-12(17-16-11)15-9-8-10-4-3-5-10/h6-7,10H,2-5,8-9H2,1H3,(H,14,18)(H,15,17). The third-order valence-electron chi connectivity index (χ3n) is 3.32. The minimum absolute atomic E-state index is 0.175. The van der Waals surface area contributed by atoms with Gasteiger partial charge < -0.3 is 10.6 Å². The van der Waals surface area contributed by atoms with Crippen LogP contribution in [-0.2, 0) is 0 Å². The second-order valence-electron chi connectivity index (χ2n) is 4.68. The summed E-state index contributed by atoms with van der Waals surface area (Å²) in [5.41, 5.74) is 0.362. The van der Waals surface area contributed by atoms with E-state index in [1.165, 1.54) is 25.7 Å². The molecule has 2 rings (SSSR count). The Kier molecular flexibility index (Phi) is 4.50. The van der Waals surface area contributed by atoms with E-state index in [1.54, 1.807) is 12.1 Å². The SMILES string of the molecule is CCNC(=O)c1ccc(NCCC2CCC2)nn1. The van der Waals surface area contributed by atoms with Gasteiger partial charge in [-0.1, -0.05) is 19.3 Å². The van der Waals surface area contributed by atoms with E-state index in [-0.39, 0.29) is 5.91 Å². The number of aromatic nitrogens is 2. The molecule has 1 aromatic rings. The van der Waals surface area contributed by atoms with Gasteiger partial charge in [-0.05, 0) is 31.4 Å². The van der Waals surface area contributed by atoms with Crippen LogP contribution in [0.3, 0.4) is 0 Å². The molecule has 1 aliphatic carbocycles. The summed E-state index contributed by atoms with van der Waals surface area (Å²) < 4.78 is 0. The quantitative estimate of drug-likeness (QED) is 0.806. The van der Waals surface area contributed by atoms with Gasteiger partial charge >= 0.3 is 0 Å². The van der Waals surface area contributed by atoms with Crippen molar-refractivity contribution >= 4 is 11.7 Å². The molecule has 0 aromatic carbocycles. The predicted molar refractivity (Wildman–Crippen MR) is 70.5 cm³/mol. The van der Waals surface area contributed by atoms with E-state index >= 15 is 0 Å². The molecule has 0 spiro atoms. The van der Waals surface area contributed by atoms with E-state index in [1.807, 2.05) is 6.92 Å². The highest BCUT2D eigenvalue weighted by atomic mass is 16.1. The van der Waals surface area contributed by atoms with Crippen molar-refractivity contribution in [3.05, 3.63) is 17.8 Å². The summed E-state index contributed by atoms with van der Waals surface area (Å²) in [6.07, 6.45) is 5.30. The fourth-order valence-corrected chi connectivity index (χ4v) is 1.98. The first-order chi connectivity index (χ1) is 8.79. The molecule has 98 valence electrons. The molecule has 1 aliphatic rings. The summed E-state index contributed by atoms with van der Waals surface area (Å²) >= 11 is 0. The molecule has 18 heavy (non-hydrogen) atoms. The van der Waals surface area contributed by atoms with Crippen LogP contribution in [0, 0.1) is 5.92 Å². The van der Waals surface area contributed by atoms with Crippen LogP contribution in [-0.4, -0.2) is 29.2 Å². The van der Waals surface area contributed by atoms with Crippen LogP contribution in [0.5, 0.6) is 0 Å². The maximum absolute atomic E-state index is 11.5. The Labute approximate surface area is 107 Å². The van der Waals surface area contributed by atoms with E-state index < -0.39 is 0 Å². The molecule has 1 aromatic heterocycles. The van der Waals surface area contributed by atoms with Crippen molar-refractivity contribution in [2.45, 2.75) is 32.6 Å². The first-order valence-corrected chi connectivity index (χ1v) is 6.65. The molecule has 0 unspecified atom stereocenters. The number of nitrogens with one attached hydrogen (secondary N) is 2. The fourth-order valence-electron chi connectivity index (χ4n) is 1.98. The number of amides is 1. The Bertz CT molecular complexity index is 386. The second-order valence-corrected chi connectivity index (χ2v) is 4.68. The Hall–Kier alpha value is -1.65. The zero-order valence-electron chi connectivity index (χ0n) is 10.8. The molecule has 5 heteroatoms. The summed E-state index contributed by atoms with van der Waals surface area (Å²) in [6, 6.07) is 3.50. The Morgan fingerprint density at radius 2 is 2.22 bits per heavy atom. The predicted octanol–water partition coefficient (Wildman–Crippen LogP) is 1.83. The lowest BCUT2D eigenvalue weighted by atomic mass is 9.83. The van der Waals surface area contributed by atoms with E-state index in [0.29, 0.717) is 12.2 Å². The van der Waals surface area contributed by atoms with Crippen molar-refractivity contribution in [3.63, 3.8) is 0 Å². The molecule has 1 amide bonds. The van der Waals surface area contributed by atoms with Gasteiger partial charge in [-0.15, -0.1) is 10.2 Å². The third kappa shape index (κ3) is 3.42. The molecule has 1 heterocycles. The van der Waals surface area contributed by atoms with Gasteiger partial charge in [0.15, 0.2) is 5.69 Å². The van der Waals surface area contributed by atoms with Gasteiger partial charge in [0.25, 0.3) is 5.91 Å². The van der Waals surface area contributed by atoms with E-state index in [0.717, 1.165) is 18.3 Å². The van der Waals surface area contributed by atoms with Crippen molar-refractivity contribution in [1.82, 2.24) is 15.5 Å². The van der Waals surface area contributed by atoms with Gasteiger partial charge in [0.1, 0.15) is 5.82 Å². The maximum atomic E-state index is 11.5. The van der Waals surface area contributed by atoms with Crippen molar-refractivity contribution in [1.29, 1.82) is 0 Å². The monoisotopic (exact) mass is 248 g/mol. The minimum Gasteiger partial charge on any atom is -0.369 e. The highest BCUT2D eigenvalue weighted by molar-refractivity contribution is 5.92. The average molecular weight is 248 g/mol. The fraction of sp³-hybridized carbons (Fsp3) is 0.615. The summed E-state index contributed by atoms with van der Waals surface area (Å²) in [4.78, 5) is 11.5. The van der Waals surface area contributed by atoms with Gasteiger partial charge in [0.05, 0.1) is 0 Å². The molecular formula is C13H20N4O. The molecule has 0 bridgehead atoms. The summed E-state index contributed by atoms with van der Waals surface area (Å²) in [5.74, 6) is 1.45. The Morgan fingerprint density at radius 3 is 2.78 bits per heavy atom. The molecule has 5 nitrogen and oxygen atoms in total. The Balaban J connectivity index is 1.77. The highest BCUT2D eigenvalue weighted by Gasteiger charge is 2.16. The van der Waals surface area contributed by atoms with Gasteiger partial charge in [0, 0.05) is 13.1 Å². The molecular weight excluding hydrogens is 228 g/mol. The largest absolute Gasteiger partial charge is 0.369 e. The van der Waals surface area contributed by atoms with Crippen molar-refractivity contribution in [2.24, 2.45) is 5.92 Å². The van der Waals surface area contributed by atoms with Crippen LogP contribution in [0.1, 0.15) is 43.1 Å². The van der Waals surface area contributed by atoms with Crippen LogP contribution < -0.4 is 10.6 Å². The minimum atomic E-state index is -0.175. The summed E-state index contributed by atoms with van der Waals surface area (Å²) in [7, 11) is 0. The number of hydrogen-bond donors (Lipinski definition) is 2. The van der Waals surface area contributed by atoms with Crippen molar-refractivity contribution < 1.29 is 4.79 Å². The number of nitrogens with zero attached hydrogens (tertiary/aromatic N) is 2. The van der Waals surface area contributed by atoms with E-state index in [9.17, 15) is 4.79 Å². The normalized spacial score (nSPS) is 14.9. The van der Waals surface area contributed by atoms with Crippen LogP contribution in [0.25, 0.3) is 0 Å². The van der Waals surface area contributed by atoms with Crippen LogP contribution in [0.4, 0.5) is 5.82 Å². The molecule has 1 saturated carbocycles. The van der Waals surface area contributed by atoms with Crippen LogP contribution in [0.15, 0.2) is 12.1 Å². The Morgan fingerprint density at radius 1 is 1.39 bits per heavy atom. The van der Waals surface area contributed by atoms with Gasteiger partial charge in [-0.25, -0.2) is 0 Å². The highest BCUT2D eigenvalue weighted by Crippen LogP contribution is 2.28.